The van der Waals surface area contributed by atoms with Crippen molar-refractivity contribution in [2.24, 2.45) is 16.1 Å². The highest BCUT2D eigenvalue weighted by Crippen LogP contribution is 2.65. The zero-order valence-electron chi connectivity index (χ0n) is 8.16. The minimum atomic E-state index is 0.223. The van der Waals surface area contributed by atoms with Crippen molar-refractivity contribution in [3.8, 4) is 0 Å². The molecule has 13 heavy (non-hydrogen) atoms. The van der Waals surface area contributed by atoms with Crippen LogP contribution in [0.1, 0.15) is 19.3 Å². The Morgan fingerprint density at radius 3 is 2.62 bits per heavy atom. The third kappa shape index (κ3) is 1.37. The molecule has 3 aliphatic rings. The first-order valence-electron chi connectivity index (χ1n) is 4.69. The van der Waals surface area contributed by atoms with Gasteiger partial charge in [-0.25, -0.2) is 0 Å². The summed E-state index contributed by atoms with van der Waals surface area (Å²) >= 11 is 0. The molecule has 0 heterocycles. The van der Waals surface area contributed by atoms with Gasteiger partial charge in [0.05, 0.1) is 0 Å². The van der Waals surface area contributed by atoms with Gasteiger partial charge in [-0.1, -0.05) is 0 Å². The van der Waals surface area contributed by atoms with E-state index in [9.17, 15) is 0 Å². The molecule has 3 fully saturated rings. The lowest BCUT2D eigenvalue weighted by atomic mass is 9.40. The van der Waals surface area contributed by atoms with Crippen molar-refractivity contribution in [2.75, 3.05) is 13.6 Å². The Bertz CT molecular complexity index is 237. The predicted octanol–water partition coefficient (Wildman–Crippen LogP) is 0.971. The van der Waals surface area contributed by atoms with Crippen molar-refractivity contribution in [1.29, 1.82) is 0 Å². The van der Waals surface area contributed by atoms with Crippen LogP contribution in [0.2, 0.25) is 0 Å². The van der Waals surface area contributed by atoms with Crippen molar-refractivity contribution in [3.05, 3.63) is 12.4 Å². The number of nitrogens with zero attached hydrogens (tertiary/aromatic N) is 2. The Balaban J connectivity index is 1.80. The van der Waals surface area contributed by atoms with Crippen LogP contribution in [0.4, 0.5) is 0 Å². The summed E-state index contributed by atoms with van der Waals surface area (Å²) in [6.45, 7) is 4.51. The molecular formula is C10H17N3. The van der Waals surface area contributed by atoms with Gasteiger partial charge in [0, 0.05) is 31.5 Å². The minimum absolute atomic E-state index is 0.223. The Labute approximate surface area is 79.3 Å². The van der Waals surface area contributed by atoms with Crippen LogP contribution in [0.3, 0.4) is 0 Å². The smallest absolute Gasteiger partial charge is 0.0419 e. The lowest BCUT2D eigenvalue weighted by molar-refractivity contribution is -0.139. The Hall–Kier alpha value is -0.830. The fourth-order valence-electron chi connectivity index (χ4n) is 3.00. The second-order valence-corrected chi connectivity index (χ2v) is 4.79. The summed E-state index contributed by atoms with van der Waals surface area (Å²) in [4.78, 5) is 5.85. The summed E-state index contributed by atoms with van der Waals surface area (Å²) in [7, 11) is 2.07. The molecule has 3 rings (SSSR count). The summed E-state index contributed by atoms with van der Waals surface area (Å²) < 4.78 is 0. The first-order valence-corrected chi connectivity index (χ1v) is 4.69. The molecule has 0 aromatic rings. The third-order valence-electron chi connectivity index (χ3n) is 3.19. The van der Waals surface area contributed by atoms with Crippen LogP contribution >= 0.6 is 0 Å². The van der Waals surface area contributed by atoms with Crippen LogP contribution in [-0.4, -0.2) is 30.7 Å². The van der Waals surface area contributed by atoms with Crippen LogP contribution in [0, 0.1) is 5.41 Å². The largest absolute Gasteiger partial charge is 0.379 e. The van der Waals surface area contributed by atoms with E-state index in [1.165, 1.54) is 19.3 Å². The molecule has 3 nitrogen and oxygen atoms in total. The molecule has 72 valence electrons. The van der Waals surface area contributed by atoms with Crippen LogP contribution < -0.4 is 5.73 Å². The molecule has 3 saturated carbocycles. The van der Waals surface area contributed by atoms with Crippen LogP contribution in [0.5, 0.6) is 0 Å². The van der Waals surface area contributed by atoms with E-state index in [1.807, 2.05) is 6.20 Å². The van der Waals surface area contributed by atoms with E-state index in [2.05, 4.69) is 23.7 Å². The lowest BCUT2D eigenvalue weighted by Gasteiger charge is -2.69. The van der Waals surface area contributed by atoms with E-state index in [1.54, 1.807) is 6.20 Å². The molecule has 0 radical (unpaired) electrons. The van der Waals surface area contributed by atoms with Crippen molar-refractivity contribution in [3.63, 3.8) is 0 Å². The standard InChI is InChI=1S/C10H17N3/c1-12-3-4-13(2)8-9-5-10(11,6-9)7-9/h3-4H,1,5-8,11H2,2H3/b4-3-. The van der Waals surface area contributed by atoms with Gasteiger partial charge in [0.2, 0.25) is 0 Å². The summed E-state index contributed by atoms with van der Waals surface area (Å²) in [6, 6.07) is 0. The third-order valence-corrected chi connectivity index (χ3v) is 3.19. The van der Waals surface area contributed by atoms with E-state index in [0.29, 0.717) is 5.41 Å². The molecule has 0 spiro atoms. The normalized spacial score (nSPS) is 41.1. The highest BCUT2D eigenvalue weighted by Gasteiger charge is 2.65. The van der Waals surface area contributed by atoms with Gasteiger partial charge in [0.1, 0.15) is 0 Å². The minimum Gasteiger partial charge on any atom is -0.379 e. The van der Waals surface area contributed by atoms with E-state index in [0.717, 1.165) is 6.54 Å². The molecule has 0 aromatic heterocycles. The van der Waals surface area contributed by atoms with Gasteiger partial charge in [-0.05, 0) is 31.4 Å². The van der Waals surface area contributed by atoms with Crippen LogP contribution in [0.15, 0.2) is 17.4 Å². The zero-order chi connectivity index (χ0) is 9.53. The fraction of sp³-hybridized carbons (Fsp3) is 0.700. The highest BCUT2D eigenvalue weighted by molar-refractivity contribution is 5.25. The quantitative estimate of drug-likeness (QED) is 0.653. The molecule has 2 N–H and O–H groups in total. The van der Waals surface area contributed by atoms with Crippen LogP contribution in [0.25, 0.3) is 0 Å². The Morgan fingerprint density at radius 1 is 1.54 bits per heavy atom. The van der Waals surface area contributed by atoms with E-state index < -0.39 is 0 Å². The maximum atomic E-state index is 5.98. The van der Waals surface area contributed by atoms with Gasteiger partial charge in [-0.15, -0.1) is 0 Å². The summed E-state index contributed by atoms with van der Waals surface area (Å²) in [5.41, 5.74) is 6.74. The molecule has 0 amide bonds. The maximum absolute atomic E-state index is 5.98. The number of hydrogen-bond acceptors (Lipinski definition) is 3. The Morgan fingerprint density at radius 2 is 2.15 bits per heavy atom. The summed E-state index contributed by atoms with van der Waals surface area (Å²) in [6.07, 6.45) is 7.32. The molecule has 0 aliphatic heterocycles. The second kappa shape index (κ2) is 2.58. The number of rotatable bonds is 4. The van der Waals surface area contributed by atoms with E-state index >= 15 is 0 Å². The van der Waals surface area contributed by atoms with Gasteiger partial charge in [-0.3, -0.25) is 4.99 Å². The highest BCUT2D eigenvalue weighted by atomic mass is 15.1. The molecule has 0 atom stereocenters. The predicted molar refractivity (Wildman–Crippen MR) is 54.5 cm³/mol. The topological polar surface area (TPSA) is 41.6 Å². The van der Waals surface area contributed by atoms with Crippen molar-refractivity contribution in [2.45, 2.75) is 24.8 Å². The molecular weight excluding hydrogens is 162 g/mol. The molecule has 3 heteroatoms. The first-order chi connectivity index (χ1) is 6.08. The van der Waals surface area contributed by atoms with E-state index in [4.69, 9.17) is 5.73 Å². The second-order valence-electron chi connectivity index (χ2n) is 4.79. The van der Waals surface area contributed by atoms with Gasteiger partial charge >= 0.3 is 0 Å². The van der Waals surface area contributed by atoms with Gasteiger partial charge in [0.15, 0.2) is 0 Å². The fourth-order valence-corrected chi connectivity index (χ4v) is 3.00. The Kier molecular flexibility index (Phi) is 1.74. The average molecular weight is 179 g/mol. The van der Waals surface area contributed by atoms with Crippen molar-refractivity contribution >= 4 is 6.72 Å². The van der Waals surface area contributed by atoms with Crippen molar-refractivity contribution in [1.82, 2.24) is 4.90 Å². The molecule has 2 bridgehead atoms. The molecule has 0 saturated heterocycles. The van der Waals surface area contributed by atoms with Crippen molar-refractivity contribution < 1.29 is 0 Å². The van der Waals surface area contributed by atoms with Gasteiger partial charge in [0.25, 0.3) is 0 Å². The maximum Gasteiger partial charge on any atom is 0.0419 e. The zero-order valence-corrected chi connectivity index (χ0v) is 8.16. The first kappa shape index (κ1) is 8.75. The monoisotopic (exact) mass is 179 g/mol. The van der Waals surface area contributed by atoms with Crippen LogP contribution in [-0.2, 0) is 0 Å². The summed E-state index contributed by atoms with van der Waals surface area (Å²) in [5, 5.41) is 0. The average Bonchev–Trinajstić information content (AvgIpc) is 1.96. The molecule has 0 aromatic carbocycles. The SMILES string of the molecule is C=N/C=C\N(C)CC12CC(N)(C1)C2. The number of hydrogen-bond donors (Lipinski definition) is 1. The van der Waals surface area contributed by atoms with Gasteiger partial charge in [-0.2, -0.15) is 0 Å². The molecule has 3 aliphatic carbocycles. The lowest BCUT2D eigenvalue weighted by Crippen LogP contribution is -2.74. The van der Waals surface area contributed by atoms with Gasteiger partial charge < -0.3 is 10.6 Å². The number of aliphatic imine (C=N–C) groups is 1. The number of nitrogens with two attached hydrogens (primary N) is 1. The summed E-state index contributed by atoms with van der Waals surface area (Å²) in [5.74, 6) is 0. The molecule has 0 unspecified atom stereocenters. The van der Waals surface area contributed by atoms with E-state index in [-0.39, 0.29) is 5.54 Å².